The summed E-state index contributed by atoms with van der Waals surface area (Å²) in [6.45, 7) is 14.2. The predicted molar refractivity (Wildman–Crippen MR) is 90.8 cm³/mol. The maximum absolute atomic E-state index is 12.3. The van der Waals surface area contributed by atoms with E-state index in [0.717, 1.165) is 37.2 Å². The topological polar surface area (TPSA) is 32.3 Å². The number of nitrogens with one attached hydrogen (secondary N) is 1. The SMILES string of the molecule is C=C(C)CN(CC)CC(=O)Nc1c(CC)cccc1CC. The Morgan fingerprint density at radius 3 is 2.14 bits per heavy atom. The summed E-state index contributed by atoms with van der Waals surface area (Å²) in [5, 5.41) is 3.11. The highest BCUT2D eigenvalue weighted by molar-refractivity contribution is 5.93. The van der Waals surface area contributed by atoms with Crippen LogP contribution in [0.3, 0.4) is 0 Å². The Kier molecular flexibility index (Phi) is 7.17. The van der Waals surface area contributed by atoms with Crippen LogP contribution >= 0.6 is 0 Å². The van der Waals surface area contributed by atoms with Crippen molar-refractivity contribution in [1.82, 2.24) is 4.90 Å². The average molecular weight is 288 g/mol. The summed E-state index contributed by atoms with van der Waals surface area (Å²) in [5.74, 6) is 0.0497. The lowest BCUT2D eigenvalue weighted by Gasteiger charge is -2.21. The minimum absolute atomic E-state index is 0.0497. The first-order valence-corrected chi connectivity index (χ1v) is 7.79. The number of benzene rings is 1. The molecule has 0 atom stereocenters. The number of para-hydroxylation sites is 1. The third kappa shape index (κ3) is 5.35. The fraction of sp³-hybridized carbons (Fsp3) is 0.500. The maximum atomic E-state index is 12.3. The molecule has 0 aromatic heterocycles. The second-order valence-electron chi connectivity index (χ2n) is 5.47. The summed E-state index contributed by atoms with van der Waals surface area (Å²) in [6, 6.07) is 6.23. The summed E-state index contributed by atoms with van der Waals surface area (Å²) >= 11 is 0. The summed E-state index contributed by atoms with van der Waals surface area (Å²) in [6.07, 6.45) is 1.85. The van der Waals surface area contributed by atoms with Crippen molar-refractivity contribution in [1.29, 1.82) is 0 Å². The van der Waals surface area contributed by atoms with Gasteiger partial charge in [0.2, 0.25) is 5.91 Å². The summed E-state index contributed by atoms with van der Waals surface area (Å²) in [4.78, 5) is 14.4. The number of carbonyl (C=O) groups is 1. The van der Waals surface area contributed by atoms with Crippen LogP contribution in [-0.4, -0.2) is 30.4 Å². The second-order valence-corrected chi connectivity index (χ2v) is 5.47. The van der Waals surface area contributed by atoms with Gasteiger partial charge in [0.1, 0.15) is 0 Å². The van der Waals surface area contributed by atoms with E-state index in [9.17, 15) is 4.79 Å². The Morgan fingerprint density at radius 1 is 1.14 bits per heavy atom. The van der Waals surface area contributed by atoms with E-state index in [1.54, 1.807) is 0 Å². The second kappa shape index (κ2) is 8.63. The molecule has 0 unspecified atom stereocenters. The molecule has 0 aliphatic carbocycles. The molecule has 1 N–H and O–H groups in total. The van der Waals surface area contributed by atoms with Crippen LogP contribution in [0.15, 0.2) is 30.4 Å². The lowest BCUT2D eigenvalue weighted by Crippen LogP contribution is -2.34. The van der Waals surface area contributed by atoms with Crippen LogP contribution < -0.4 is 5.32 Å². The quantitative estimate of drug-likeness (QED) is 0.741. The van der Waals surface area contributed by atoms with Crippen molar-refractivity contribution in [2.24, 2.45) is 0 Å². The molecule has 1 aromatic carbocycles. The molecule has 0 heterocycles. The van der Waals surface area contributed by atoms with Crippen molar-refractivity contribution in [3.63, 3.8) is 0 Å². The van der Waals surface area contributed by atoms with Gasteiger partial charge in [-0.25, -0.2) is 0 Å². The van der Waals surface area contributed by atoms with Crippen LogP contribution in [0, 0.1) is 0 Å². The van der Waals surface area contributed by atoms with Crippen LogP contribution in [0.25, 0.3) is 0 Å². The van der Waals surface area contributed by atoms with Crippen LogP contribution in [-0.2, 0) is 17.6 Å². The first kappa shape index (κ1) is 17.4. The largest absolute Gasteiger partial charge is 0.324 e. The van der Waals surface area contributed by atoms with E-state index in [-0.39, 0.29) is 5.91 Å². The van der Waals surface area contributed by atoms with E-state index in [2.05, 4.69) is 55.8 Å². The highest BCUT2D eigenvalue weighted by Gasteiger charge is 2.13. The number of rotatable bonds is 8. The Balaban J connectivity index is 2.80. The van der Waals surface area contributed by atoms with Crippen molar-refractivity contribution in [2.45, 2.75) is 40.5 Å². The van der Waals surface area contributed by atoms with Crippen molar-refractivity contribution in [2.75, 3.05) is 25.0 Å². The van der Waals surface area contributed by atoms with Crippen LogP contribution in [0.5, 0.6) is 0 Å². The molecule has 21 heavy (non-hydrogen) atoms. The molecular formula is C18H28N2O. The standard InChI is InChI=1S/C18H28N2O/c1-6-15-10-9-11-16(7-2)18(15)19-17(21)13-20(8-3)12-14(4)5/h9-11H,4,6-8,12-13H2,1-3,5H3,(H,19,21). The number of carbonyl (C=O) groups excluding carboxylic acids is 1. The van der Waals surface area contributed by atoms with E-state index >= 15 is 0 Å². The van der Waals surface area contributed by atoms with Crippen LogP contribution in [0.1, 0.15) is 38.8 Å². The molecule has 1 aromatic rings. The Morgan fingerprint density at radius 2 is 1.71 bits per heavy atom. The minimum atomic E-state index is 0.0497. The number of hydrogen-bond donors (Lipinski definition) is 1. The summed E-state index contributed by atoms with van der Waals surface area (Å²) in [5.41, 5.74) is 4.48. The first-order chi connectivity index (χ1) is 10.0. The highest BCUT2D eigenvalue weighted by atomic mass is 16.2. The molecular weight excluding hydrogens is 260 g/mol. The zero-order chi connectivity index (χ0) is 15.8. The van der Waals surface area contributed by atoms with Crippen LogP contribution in [0.4, 0.5) is 5.69 Å². The maximum Gasteiger partial charge on any atom is 0.238 e. The molecule has 0 aliphatic rings. The van der Waals surface area contributed by atoms with Gasteiger partial charge < -0.3 is 5.32 Å². The Bertz CT molecular complexity index is 472. The average Bonchev–Trinajstić information content (AvgIpc) is 2.46. The van der Waals surface area contributed by atoms with E-state index in [1.165, 1.54) is 11.1 Å². The van der Waals surface area contributed by atoms with E-state index < -0.39 is 0 Å². The molecule has 0 spiro atoms. The summed E-state index contributed by atoms with van der Waals surface area (Å²) in [7, 11) is 0. The number of nitrogens with zero attached hydrogens (tertiary/aromatic N) is 1. The fourth-order valence-corrected chi connectivity index (χ4v) is 2.45. The molecule has 0 radical (unpaired) electrons. The van der Waals surface area contributed by atoms with Crippen molar-refractivity contribution < 1.29 is 4.79 Å². The Hall–Kier alpha value is -1.61. The third-order valence-corrected chi connectivity index (χ3v) is 3.57. The Labute approximate surface area is 129 Å². The molecule has 1 amide bonds. The van der Waals surface area contributed by atoms with Gasteiger partial charge in [-0.05, 0) is 37.4 Å². The van der Waals surface area contributed by atoms with Gasteiger partial charge in [-0.2, -0.15) is 0 Å². The van der Waals surface area contributed by atoms with Gasteiger partial charge in [-0.15, -0.1) is 0 Å². The smallest absolute Gasteiger partial charge is 0.238 e. The van der Waals surface area contributed by atoms with Crippen molar-refractivity contribution in [3.8, 4) is 0 Å². The molecule has 0 fully saturated rings. The lowest BCUT2D eigenvalue weighted by molar-refractivity contribution is -0.117. The zero-order valence-corrected chi connectivity index (χ0v) is 13.8. The predicted octanol–water partition coefficient (Wildman–Crippen LogP) is 3.65. The van der Waals surface area contributed by atoms with Crippen molar-refractivity contribution in [3.05, 3.63) is 41.5 Å². The summed E-state index contributed by atoms with van der Waals surface area (Å²) < 4.78 is 0. The number of aryl methyl sites for hydroxylation is 2. The molecule has 3 heteroatoms. The van der Waals surface area contributed by atoms with Gasteiger partial charge in [0, 0.05) is 12.2 Å². The van der Waals surface area contributed by atoms with Gasteiger partial charge >= 0.3 is 0 Å². The molecule has 0 saturated heterocycles. The van der Waals surface area contributed by atoms with Crippen LogP contribution in [0.2, 0.25) is 0 Å². The number of hydrogen-bond acceptors (Lipinski definition) is 2. The van der Waals surface area contributed by atoms with Gasteiger partial charge in [0.15, 0.2) is 0 Å². The first-order valence-electron chi connectivity index (χ1n) is 7.79. The number of anilines is 1. The van der Waals surface area contributed by atoms with Gasteiger partial charge in [0.25, 0.3) is 0 Å². The lowest BCUT2D eigenvalue weighted by atomic mass is 10.0. The monoisotopic (exact) mass is 288 g/mol. The molecule has 3 nitrogen and oxygen atoms in total. The molecule has 0 bridgehead atoms. The van der Waals surface area contributed by atoms with E-state index in [1.807, 2.05) is 6.92 Å². The number of likely N-dealkylation sites (N-methyl/N-ethyl adjacent to an activating group) is 1. The van der Waals surface area contributed by atoms with Crippen molar-refractivity contribution >= 4 is 11.6 Å². The molecule has 0 aliphatic heterocycles. The van der Waals surface area contributed by atoms with E-state index in [0.29, 0.717) is 6.54 Å². The van der Waals surface area contributed by atoms with E-state index in [4.69, 9.17) is 0 Å². The minimum Gasteiger partial charge on any atom is -0.324 e. The third-order valence-electron chi connectivity index (χ3n) is 3.57. The molecule has 116 valence electrons. The fourth-order valence-electron chi connectivity index (χ4n) is 2.45. The highest BCUT2D eigenvalue weighted by Crippen LogP contribution is 2.22. The number of amides is 1. The van der Waals surface area contributed by atoms with Gasteiger partial charge in [-0.3, -0.25) is 9.69 Å². The molecule has 1 rings (SSSR count). The zero-order valence-electron chi connectivity index (χ0n) is 13.8. The molecule has 0 saturated carbocycles. The normalized spacial score (nSPS) is 10.7. The van der Waals surface area contributed by atoms with Gasteiger partial charge in [0.05, 0.1) is 6.54 Å². The van der Waals surface area contributed by atoms with Gasteiger partial charge in [-0.1, -0.05) is 51.1 Å².